The highest BCUT2D eigenvalue weighted by molar-refractivity contribution is 5.11. The van der Waals surface area contributed by atoms with Crippen molar-refractivity contribution in [1.82, 2.24) is 15.3 Å². The molecule has 19 heavy (non-hydrogen) atoms. The predicted molar refractivity (Wildman–Crippen MR) is 72.9 cm³/mol. The Bertz CT molecular complexity index is 361. The van der Waals surface area contributed by atoms with E-state index in [0.717, 1.165) is 38.3 Å². The van der Waals surface area contributed by atoms with Crippen molar-refractivity contribution in [2.24, 2.45) is 0 Å². The molecule has 5 nitrogen and oxygen atoms in total. The lowest BCUT2D eigenvalue weighted by Crippen LogP contribution is -2.50. The zero-order valence-corrected chi connectivity index (χ0v) is 11.8. The first-order valence-electron chi connectivity index (χ1n) is 7.03. The second-order valence-electron chi connectivity index (χ2n) is 4.73. The van der Waals surface area contributed by atoms with Crippen molar-refractivity contribution < 1.29 is 9.47 Å². The van der Waals surface area contributed by atoms with Gasteiger partial charge in [0.15, 0.2) is 0 Å². The van der Waals surface area contributed by atoms with Crippen molar-refractivity contribution in [2.45, 2.75) is 38.3 Å². The van der Waals surface area contributed by atoms with E-state index < -0.39 is 0 Å². The van der Waals surface area contributed by atoms with Gasteiger partial charge in [-0.2, -0.15) is 0 Å². The molecular weight excluding hydrogens is 242 g/mol. The minimum absolute atomic E-state index is 0.0649. The highest BCUT2D eigenvalue weighted by Crippen LogP contribution is 2.36. The first kappa shape index (κ1) is 14.4. The van der Waals surface area contributed by atoms with Crippen molar-refractivity contribution >= 4 is 0 Å². The summed E-state index contributed by atoms with van der Waals surface area (Å²) in [5, 5.41) is 3.51. The van der Waals surface area contributed by atoms with Crippen LogP contribution in [0.2, 0.25) is 0 Å². The Morgan fingerprint density at radius 1 is 1.37 bits per heavy atom. The SMILES string of the molecule is CCNC(c1cnccn1)C1(OCC)CCOCC1. The van der Waals surface area contributed by atoms with E-state index in [0.29, 0.717) is 6.61 Å². The molecule has 1 aromatic heterocycles. The normalized spacial score (nSPS) is 20.1. The summed E-state index contributed by atoms with van der Waals surface area (Å²) in [6, 6.07) is 0.0649. The molecule has 0 amide bonds. The van der Waals surface area contributed by atoms with Gasteiger partial charge < -0.3 is 14.8 Å². The van der Waals surface area contributed by atoms with Gasteiger partial charge in [0.05, 0.1) is 23.5 Å². The molecule has 5 heteroatoms. The number of hydrogen-bond donors (Lipinski definition) is 1. The Balaban J connectivity index is 2.28. The summed E-state index contributed by atoms with van der Waals surface area (Å²) in [5.74, 6) is 0. The average Bonchev–Trinajstić information content (AvgIpc) is 2.47. The maximum Gasteiger partial charge on any atom is 0.0935 e. The van der Waals surface area contributed by atoms with Gasteiger partial charge in [-0.25, -0.2) is 0 Å². The molecule has 1 aliphatic heterocycles. The second kappa shape index (κ2) is 6.93. The van der Waals surface area contributed by atoms with E-state index in [4.69, 9.17) is 9.47 Å². The molecule has 0 aromatic carbocycles. The zero-order valence-electron chi connectivity index (χ0n) is 11.8. The summed E-state index contributed by atoms with van der Waals surface area (Å²) in [6.07, 6.45) is 7.02. The van der Waals surface area contributed by atoms with Crippen molar-refractivity contribution in [3.05, 3.63) is 24.3 Å². The molecule has 0 aliphatic carbocycles. The van der Waals surface area contributed by atoms with Crippen LogP contribution in [0, 0.1) is 0 Å². The van der Waals surface area contributed by atoms with Crippen LogP contribution in [0.15, 0.2) is 18.6 Å². The molecule has 0 spiro atoms. The van der Waals surface area contributed by atoms with Crippen LogP contribution in [0.25, 0.3) is 0 Å². The van der Waals surface area contributed by atoms with Gasteiger partial charge in [-0.15, -0.1) is 0 Å². The summed E-state index contributed by atoms with van der Waals surface area (Å²) >= 11 is 0. The van der Waals surface area contributed by atoms with Gasteiger partial charge in [0.25, 0.3) is 0 Å². The fraction of sp³-hybridized carbons (Fsp3) is 0.714. The van der Waals surface area contributed by atoms with Crippen molar-refractivity contribution in [2.75, 3.05) is 26.4 Å². The highest BCUT2D eigenvalue weighted by atomic mass is 16.5. The van der Waals surface area contributed by atoms with Crippen LogP contribution >= 0.6 is 0 Å². The monoisotopic (exact) mass is 265 g/mol. The van der Waals surface area contributed by atoms with E-state index in [2.05, 4.69) is 22.2 Å². The molecule has 1 unspecified atom stereocenters. The van der Waals surface area contributed by atoms with Crippen molar-refractivity contribution in [1.29, 1.82) is 0 Å². The minimum Gasteiger partial charge on any atom is -0.381 e. The Hall–Kier alpha value is -1.04. The van der Waals surface area contributed by atoms with Crippen LogP contribution < -0.4 is 5.32 Å². The first-order valence-corrected chi connectivity index (χ1v) is 7.03. The first-order chi connectivity index (χ1) is 9.32. The molecule has 0 saturated carbocycles. The molecule has 1 atom stereocenters. The van der Waals surface area contributed by atoms with Gasteiger partial charge in [0.1, 0.15) is 0 Å². The lowest BCUT2D eigenvalue weighted by Gasteiger charge is -2.43. The highest BCUT2D eigenvalue weighted by Gasteiger charge is 2.42. The van der Waals surface area contributed by atoms with Gasteiger partial charge in [-0.1, -0.05) is 6.92 Å². The molecule has 0 bridgehead atoms. The standard InChI is InChI=1S/C14H23N3O2/c1-3-16-13(12-11-15-7-8-17-12)14(19-4-2)5-9-18-10-6-14/h7-8,11,13,16H,3-6,9-10H2,1-2H3. The number of ether oxygens (including phenoxy) is 2. The van der Waals surface area contributed by atoms with Crippen LogP contribution in [0.3, 0.4) is 0 Å². The lowest BCUT2D eigenvalue weighted by molar-refractivity contribution is -0.128. The van der Waals surface area contributed by atoms with Gasteiger partial charge in [0, 0.05) is 45.1 Å². The third-order valence-corrected chi connectivity index (χ3v) is 3.58. The largest absolute Gasteiger partial charge is 0.381 e. The van der Waals surface area contributed by atoms with Crippen molar-refractivity contribution in [3.8, 4) is 0 Å². The maximum atomic E-state index is 6.13. The quantitative estimate of drug-likeness (QED) is 0.848. The Kier molecular flexibility index (Phi) is 5.24. The molecule has 2 rings (SSSR count). The van der Waals surface area contributed by atoms with E-state index in [-0.39, 0.29) is 11.6 Å². The molecule has 0 radical (unpaired) electrons. The van der Waals surface area contributed by atoms with Crippen LogP contribution in [-0.4, -0.2) is 41.9 Å². The van der Waals surface area contributed by atoms with Crippen LogP contribution in [0.5, 0.6) is 0 Å². The Labute approximate surface area is 114 Å². The molecule has 1 aliphatic rings. The van der Waals surface area contributed by atoms with Crippen LogP contribution in [-0.2, 0) is 9.47 Å². The third-order valence-electron chi connectivity index (χ3n) is 3.58. The fourth-order valence-corrected chi connectivity index (χ4v) is 2.74. The predicted octanol–water partition coefficient (Wildman–Crippen LogP) is 1.71. The van der Waals surface area contributed by atoms with Gasteiger partial charge in [-0.3, -0.25) is 9.97 Å². The lowest BCUT2D eigenvalue weighted by atomic mass is 9.84. The summed E-state index contributed by atoms with van der Waals surface area (Å²) in [6.45, 7) is 7.18. The van der Waals surface area contributed by atoms with E-state index >= 15 is 0 Å². The van der Waals surface area contributed by atoms with E-state index in [1.54, 1.807) is 12.4 Å². The summed E-state index contributed by atoms with van der Waals surface area (Å²) in [4.78, 5) is 8.64. The minimum atomic E-state index is -0.237. The summed E-state index contributed by atoms with van der Waals surface area (Å²) < 4.78 is 11.6. The number of nitrogens with zero attached hydrogens (tertiary/aromatic N) is 2. The molecule has 1 aromatic rings. The van der Waals surface area contributed by atoms with Gasteiger partial charge >= 0.3 is 0 Å². The van der Waals surface area contributed by atoms with Crippen molar-refractivity contribution in [3.63, 3.8) is 0 Å². The number of likely N-dealkylation sites (N-methyl/N-ethyl adjacent to an activating group) is 1. The number of nitrogens with one attached hydrogen (secondary N) is 1. The molecule has 1 saturated heterocycles. The number of rotatable bonds is 6. The van der Waals surface area contributed by atoms with E-state index in [9.17, 15) is 0 Å². The third kappa shape index (κ3) is 3.29. The maximum absolute atomic E-state index is 6.13. The molecule has 1 N–H and O–H groups in total. The Morgan fingerprint density at radius 3 is 2.74 bits per heavy atom. The molecular formula is C14H23N3O2. The van der Waals surface area contributed by atoms with Crippen LogP contribution in [0.1, 0.15) is 38.4 Å². The Morgan fingerprint density at radius 2 is 2.16 bits per heavy atom. The fourth-order valence-electron chi connectivity index (χ4n) is 2.74. The van der Waals surface area contributed by atoms with Gasteiger partial charge in [-0.05, 0) is 13.5 Å². The number of aromatic nitrogens is 2. The van der Waals surface area contributed by atoms with Gasteiger partial charge in [0.2, 0.25) is 0 Å². The smallest absolute Gasteiger partial charge is 0.0935 e. The van der Waals surface area contributed by atoms with E-state index in [1.165, 1.54) is 0 Å². The summed E-state index contributed by atoms with van der Waals surface area (Å²) in [7, 11) is 0. The average molecular weight is 265 g/mol. The molecule has 1 fully saturated rings. The molecule has 106 valence electrons. The van der Waals surface area contributed by atoms with E-state index in [1.807, 2.05) is 13.1 Å². The van der Waals surface area contributed by atoms with Crippen LogP contribution in [0.4, 0.5) is 0 Å². The summed E-state index contributed by atoms with van der Waals surface area (Å²) in [5.41, 5.74) is 0.707. The molecule has 2 heterocycles. The zero-order chi connectivity index (χ0) is 13.6. The second-order valence-corrected chi connectivity index (χ2v) is 4.73. The topological polar surface area (TPSA) is 56.3 Å². The number of hydrogen-bond acceptors (Lipinski definition) is 5.